The van der Waals surface area contributed by atoms with Gasteiger partial charge < -0.3 is 14.2 Å². The van der Waals surface area contributed by atoms with Crippen molar-refractivity contribution in [2.45, 2.75) is 46.1 Å². The van der Waals surface area contributed by atoms with Crippen molar-refractivity contribution in [1.29, 1.82) is 0 Å². The zero-order chi connectivity index (χ0) is 27.2. The molecule has 0 bridgehead atoms. The van der Waals surface area contributed by atoms with Gasteiger partial charge in [0.2, 0.25) is 0 Å². The van der Waals surface area contributed by atoms with Crippen LogP contribution in [0.4, 0.5) is 4.39 Å². The van der Waals surface area contributed by atoms with Crippen molar-refractivity contribution in [2.75, 3.05) is 20.3 Å². The number of aromatic nitrogens is 1. The normalized spacial score (nSPS) is 15.2. The Hall–Kier alpha value is -3.72. The molecule has 1 aliphatic rings. The average molecular weight is 539 g/mol. The molecule has 0 saturated heterocycles. The molecule has 0 fully saturated rings. The number of nitrogens with zero attached hydrogens (tertiary/aromatic N) is 2. The van der Waals surface area contributed by atoms with E-state index in [1.54, 1.807) is 51.3 Å². The molecule has 1 aromatic heterocycles. The van der Waals surface area contributed by atoms with Crippen molar-refractivity contribution in [3.8, 4) is 11.5 Å². The smallest absolute Gasteiger partial charge is 0.338 e. The van der Waals surface area contributed by atoms with Crippen molar-refractivity contribution < 1.29 is 23.4 Å². The van der Waals surface area contributed by atoms with Crippen LogP contribution in [0.1, 0.15) is 57.2 Å². The van der Waals surface area contributed by atoms with Crippen molar-refractivity contribution in [3.05, 3.63) is 90.4 Å². The second-order valence-electron chi connectivity index (χ2n) is 8.82. The Morgan fingerprint density at radius 2 is 1.89 bits per heavy atom. The molecular formula is C29H31FN2O5S. The number of esters is 1. The zero-order valence-corrected chi connectivity index (χ0v) is 22.8. The number of unbranched alkanes of at least 4 members (excludes halogenated alkanes) is 2. The van der Waals surface area contributed by atoms with Gasteiger partial charge in [-0.15, -0.1) is 0 Å². The summed E-state index contributed by atoms with van der Waals surface area (Å²) in [6, 6.07) is 10.5. The van der Waals surface area contributed by atoms with Gasteiger partial charge in [-0.05, 0) is 61.7 Å². The third kappa shape index (κ3) is 5.72. The molecule has 0 N–H and O–H groups in total. The van der Waals surface area contributed by atoms with Crippen LogP contribution in [0.15, 0.2) is 63.5 Å². The highest BCUT2D eigenvalue weighted by Gasteiger charge is 2.34. The van der Waals surface area contributed by atoms with E-state index < -0.39 is 12.0 Å². The van der Waals surface area contributed by atoms with Gasteiger partial charge in [-0.3, -0.25) is 9.36 Å². The molecule has 0 aliphatic carbocycles. The van der Waals surface area contributed by atoms with Gasteiger partial charge in [0.15, 0.2) is 16.3 Å². The topological polar surface area (TPSA) is 79.1 Å². The molecule has 4 rings (SSSR count). The molecule has 0 saturated carbocycles. The molecule has 2 heterocycles. The molecule has 38 heavy (non-hydrogen) atoms. The van der Waals surface area contributed by atoms with Gasteiger partial charge >= 0.3 is 5.97 Å². The first-order chi connectivity index (χ1) is 18.4. The summed E-state index contributed by atoms with van der Waals surface area (Å²) in [7, 11) is 1.56. The highest BCUT2D eigenvalue weighted by molar-refractivity contribution is 7.07. The molecule has 7 nitrogen and oxygen atoms in total. The van der Waals surface area contributed by atoms with Crippen LogP contribution in [0.3, 0.4) is 0 Å². The van der Waals surface area contributed by atoms with Crippen LogP contribution in [-0.4, -0.2) is 30.9 Å². The fourth-order valence-electron chi connectivity index (χ4n) is 4.32. The first kappa shape index (κ1) is 27.3. The predicted molar refractivity (Wildman–Crippen MR) is 145 cm³/mol. The van der Waals surface area contributed by atoms with Crippen LogP contribution in [0, 0.1) is 5.82 Å². The number of carbonyl (C=O) groups excluding carboxylic acids is 1. The lowest BCUT2D eigenvalue weighted by Crippen LogP contribution is -2.40. The highest BCUT2D eigenvalue weighted by atomic mass is 32.1. The molecule has 0 radical (unpaired) electrons. The maximum atomic E-state index is 13.7. The number of allylic oxidation sites excluding steroid dienone is 1. The lowest BCUT2D eigenvalue weighted by molar-refractivity contribution is -0.139. The van der Waals surface area contributed by atoms with Crippen LogP contribution in [0.2, 0.25) is 0 Å². The van der Waals surface area contributed by atoms with Gasteiger partial charge in [0.05, 0.1) is 42.2 Å². The van der Waals surface area contributed by atoms with Crippen molar-refractivity contribution in [3.63, 3.8) is 0 Å². The largest absolute Gasteiger partial charge is 0.493 e. The van der Waals surface area contributed by atoms with Gasteiger partial charge in [0.25, 0.3) is 5.56 Å². The van der Waals surface area contributed by atoms with E-state index in [1.807, 2.05) is 6.07 Å². The summed E-state index contributed by atoms with van der Waals surface area (Å²) in [4.78, 5) is 31.9. The zero-order valence-electron chi connectivity index (χ0n) is 22.0. The number of thiazole rings is 1. The number of hydrogen-bond acceptors (Lipinski definition) is 7. The van der Waals surface area contributed by atoms with E-state index in [2.05, 4.69) is 11.9 Å². The Kier molecular flexibility index (Phi) is 8.78. The summed E-state index contributed by atoms with van der Waals surface area (Å²) in [5.41, 5.74) is 1.79. The van der Waals surface area contributed by atoms with Gasteiger partial charge in [-0.1, -0.05) is 49.3 Å². The maximum Gasteiger partial charge on any atom is 0.338 e. The highest BCUT2D eigenvalue weighted by Crippen LogP contribution is 2.36. The Bertz CT molecular complexity index is 1520. The van der Waals surface area contributed by atoms with Gasteiger partial charge in [0.1, 0.15) is 5.82 Å². The molecule has 1 atom stereocenters. The second-order valence-corrected chi connectivity index (χ2v) is 9.83. The number of carbonyl (C=O) groups is 1. The van der Waals surface area contributed by atoms with E-state index >= 15 is 0 Å². The molecule has 9 heteroatoms. The van der Waals surface area contributed by atoms with E-state index in [1.165, 1.54) is 28.0 Å². The van der Waals surface area contributed by atoms with Crippen molar-refractivity contribution in [1.82, 2.24) is 4.57 Å². The molecule has 200 valence electrons. The van der Waals surface area contributed by atoms with Gasteiger partial charge in [-0.2, -0.15) is 0 Å². The summed E-state index contributed by atoms with van der Waals surface area (Å²) < 4.78 is 32.2. The van der Waals surface area contributed by atoms with Gasteiger partial charge in [-0.25, -0.2) is 14.2 Å². The summed E-state index contributed by atoms with van der Waals surface area (Å²) in [6.07, 6.45) is 4.78. The number of benzene rings is 2. The predicted octanol–water partition coefficient (Wildman–Crippen LogP) is 4.52. The number of fused-ring (bicyclic) bond motifs is 1. The average Bonchev–Trinajstić information content (AvgIpc) is 3.21. The van der Waals surface area contributed by atoms with Crippen LogP contribution in [0.5, 0.6) is 11.5 Å². The Labute approximate surface area is 224 Å². The number of hydrogen-bond donors (Lipinski definition) is 0. The van der Waals surface area contributed by atoms with Crippen molar-refractivity contribution >= 4 is 23.4 Å². The number of rotatable bonds is 10. The van der Waals surface area contributed by atoms with E-state index in [9.17, 15) is 14.0 Å². The summed E-state index contributed by atoms with van der Waals surface area (Å²) in [6.45, 7) is 6.35. The minimum absolute atomic E-state index is 0.186. The third-order valence-electron chi connectivity index (χ3n) is 6.19. The van der Waals surface area contributed by atoms with Crippen LogP contribution in [0.25, 0.3) is 6.08 Å². The molecule has 3 aromatic rings. The molecule has 0 amide bonds. The molecule has 1 unspecified atom stereocenters. The Morgan fingerprint density at radius 1 is 1.13 bits per heavy atom. The maximum absolute atomic E-state index is 13.7. The number of methoxy groups -OCH3 is 1. The first-order valence-corrected chi connectivity index (χ1v) is 13.5. The second kappa shape index (κ2) is 12.2. The van der Waals surface area contributed by atoms with Crippen molar-refractivity contribution in [2.24, 2.45) is 4.99 Å². The van der Waals surface area contributed by atoms with E-state index in [0.29, 0.717) is 44.3 Å². The number of halogens is 1. The number of ether oxygens (including phenoxy) is 3. The Balaban J connectivity index is 1.85. The monoisotopic (exact) mass is 538 g/mol. The lowest BCUT2D eigenvalue weighted by atomic mass is 9.95. The van der Waals surface area contributed by atoms with Crippen LogP contribution in [-0.2, 0) is 9.53 Å². The van der Waals surface area contributed by atoms with E-state index in [4.69, 9.17) is 14.2 Å². The Morgan fingerprint density at radius 3 is 2.58 bits per heavy atom. The standard InChI is InChI=1S/C29H31FN2O5S/c1-5-7-8-15-37-22-14-11-20(17-23(22)35-4)26-25(28(34)36-6-2)18(3)31-29-32(26)27(33)24(38-29)16-19-9-12-21(30)13-10-19/h9-14,16-17,26H,5-8,15H2,1-4H3. The quantitative estimate of drug-likeness (QED) is 0.280. The summed E-state index contributed by atoms with van der Waals surface area (Å²) in [5, 5.41) is 0. The fourth-order valence-corrected chi connectivity index (χ4v) is 5.37. The molecular weight excluding hydrogens is 507 g/mol. The first-order valence-electron chi connectivity index (χ1n) is 12.6. The van der Waals surface area contributed by atoms with E-state index in [0.717, 1.165) is 19.3 Å². The minimum Gasteiger partial charge on any atom is -0.493 e. The minimum atomic E-state index is -0.774. The molecule has 2 aromatic carbocycles. The SMILES string of the molecule is CCCCCOc1ccc(C2C(C(=O)OCC)=C(C)N=c3sc(=Cc4ccc(F)cc4)c(=O)n32)cc1OC. The fraction of sp³-hybridized carbons (Fsp3) is 0.345. The molecule has 0 spiro atoms. The third-order valence-corrected chi connectivity index (χ3v) is 7.18. The molecule has 1 aliphatic heterocycles. The van der Waals surface area contributed by atoms with Crippen LogP contribution < -0.4 is 24.4 Å². The van der Waals surface area contributed by atoms with Gasteiger partial charge in [0, 0.05) is 0 Å². The lowest BCUT2D eigenvalue weighted by Gasteiger charge is -2.25. The summed E-state index contributed by atoms with van der Waals surface area (Å²) >= 11 is 1.21. The van der Waals surface area contributed by atoms with Crippen LogP contribution >= 0.6 is 11.3 Å². The van der Waals surface area contributed by atoms with E-state index in [-0.39, 0.29) is 23.6 Å². The summed E-state index contributed by atoms with van der Waals surface area (Å²) in [5.74, 6) is 0.204.